The predicted molar refractivity (Wildman–Crippen MR) is 269 cm³/mol. The number of likely N-dealkylation sites (N-methyl/N-ethyl adjacent to an activating group) is 2. The van der Waals surface area contributed by atoms with E-state index in [4.69, 9.17) is 16.6 Å². The number of unbranched alkanes of at least 4 members (excludes halogenated alkanes) is 1. The van der Waals surface area contributed by atoms with Crippen molar-refractivity contribution in [2.24, 2.45) is 11.5 Å². The lowest BCUT2D eigenvalue weighted by Crippen LogP contribution is -2.59. The fraction of sp³-hybridized carbons (Fsp3) is 0.412. The lowest BCUT2D eigenvalue weighted by Gasteiger charge is -2.33. The lowest BCUT2D eigenvalue weighted by atomic mass is 10.0. The predicted octanol–water partition coefficient (Wildman–Crippen LogP) is -0.0270. The third-order valence-electron chi connectivity index (χ3n) is 12.3. The molecule has 0 saturated heterocycles. The van der Waals surface area contributed by atoms with Crippen LogP contribution in [0, 0.1) is 0 Å². The Hall–Kier alpha value is -8.34. The average molecular weight is 1030 g/mol. The van der Waals surface area contributed by atoms with Gasteiger partial charge in [-0.1, -0.05) is 80.4 Å². The first-order chi connectivity index (χ1) is 35.1. The maximum Gasteiger partial charge on any atom is 0.305 e. The van der Waals surface area contributed by atoms with Gasteiger partial charge in [-0.05, 0) is 54.7 Å². The highest BCUT2D eigenvalue weighted by molar-refractivity contribution is 5.98. The number of aromatic hydroxyl groups is 1. The molecule has 8 amide bonds. The number of carboxylic acid groups (broad SMARTS) is 2. The third-order valence-corrected chi connectivity index (χ3v) is 12.3. The van der Waals surface area contributed by atoms with Crippen molar-refractivity contribution in [2.75, 3.05) is 20.6 Å². The second-order valence-corrected chi connectivity index (χ2v) is 17.9. The number of aromatic nitrogens is 1. The topological polar surface area (TPSA) is 366 Å². The summed E-state index contributed by atoms with van der Waals surface area (Å²) in [4.78, 5) is 138. The normalized spacial score (nSPS) is 13.9. The number of fused-ring (bicyclic) bond motifs is 1. The van der Waals surface area contributed by atoms with E-state index in [1.165, 1.54) is 45.3 Å². The summed E-state index contributed by atoms with van der Waals surface area (Å²) in [5, 5.41) is 41.9. The van der Waals surface area contributed by atoms with Crippen LogP contribution in [0.1, 0.15) is 69.1 Å². The smallest absolute Gasteiger partial charge is 0.305 e. The van der Waals surface area contributed by atoms with Gasteiger partial charge in [0.25, 0.3) is 0 Å². The molecule has 23 nitrogen and oxygen atoms in total. The molecular formula is C51H66N10O13. The van der Waals surface area contributed by atoms with Crippen molar-refractivity contribution in [3.05, 3.63) is 102 Å². The molecule has 0 aliphatic heterocycles. The first-order valence-electron chi connectivity index (χ1n) is 24.0. The minimum atomic E-state index is -1.70. The van der Waals surface area contributed by atoms with E-state index in [-0.39, 0.29) is 44.3 Å². The molecule has 1 heterocycles. The summed E-state index contributed by atoms with van der Waals surface area (Å²) in [6.07, 6.45) is 0.910. The van der Waals surface area contributed by atoms with Gasteiger partial charge in [-0.3, -0.25) is 47.9 Å². The van der Waals surface area contributed by atoms with Gasteiger partial charge < -0.3 is 68.2 Å². The van der Waals surface area contributed by atoms with Gasteiger partial charge >= 0.3 is 11.9 Å². The molecule has 1 aromatic heterocycles. The molecule has 0 aliphatic rings. The van der Waals surface area contributed by atoms with Gasteiger partial charge in [0.15, 0.2) is 0 Å². The summed E-state index contributed by atoms with van der Waals surface area (Å²) in [6.45, 7) is 2.44. The Balaban J connectivity index is 1.57. The van der Waals surface area contributed by atoms with Crippen LogP contribution < -0.4 is 38.1 Å². The number of carbonyl (C=O) groups is 10. The molecule has 3 aromatic carbocycles. The van der Waals surface area contributed by atoms with Crippen LogP contribution in [0.3, 0.4) is 0 Å². The first-order valence-corrected chi connectivity index (χ1v) is 24.0. The van der Waals surface area contributed by atoms with Gasteiger partial charge in [-0.15, -0.1) is 0 Å². The third kappa shape index (κ3) is 17.5. The zero-order chi connectivity index (χ0) is 54.6. The van der Waals surface area contributed by atoms with Crippen LogP contribution in [0.4, 0.5) is 0 Å². The van der Waals surface area contributed by atoms with Crippen LogP contribution in [0.25, 0.3) is 10.9 Å². The second-order valence-electron chi connectivity index (χ2n) is 17.9. The number of H-pyrrole nitrogens is 1. The van der Waals surface area contributed by atoms with Gasteiger partial charge in [0, 0.05) is 56.9 Å². The summed E-state index contributed by atoms with van der Waals surface area (Å²) in [5.74, 6) is -9.47. The van der Waals surface area contributed by atoms with Gasteiger partial charge in [0.1, 0.15) is 42.0 Å². The van der Waals surface area contributed by atoms with Crippen molar-refractivity contribution in [1.29, 1.82) is 0 Å². The molecule has 0 bridgehead atoms. The van der Waals surface area contributed by atoms with Crippen molar-refractivity contribution >= 4 is 70.1 Å². The maximum atomic E-state index is 14.7. The van der Waals surface area contributed by atoms with Crippen LogP contribution in [0.15, 0.2) is 85.1 Å². The Morgan fingerprint density at radius 2 is 1.26 bits per heavy atom. The zero-order valence-corrected chi connectivity index (χ0v) is 41.7. The van der Waals surface area contributed by atoms with E-state index >= 15 is 0 Å². The highest BCUT2D eigenvalue weighted by atomic mass is 16.4. The van der Waals surface area contributed by atoms with Crippen LogP contribution in [-0.4, -0.2) is 152 Å². The molecular weight excluding hydrogens is 961 g/mol. The number of hydrogen-bond acceptors (Lipinski definition) is 12. The molecule has 4 aromatic rings. The van der Waals surface area contributed by atoms with Crippen molar-refractivity contribution in [3.63, 3.8) is 0 Å². The zero-order valence-electron chi connectivity index (χ0n) is 41.7. The number of phenolic OH excluding ortho intramolecular Hbond substituents is 1. The van der Waals surface area contributed by atoms with E-state index in [9.17, 15) is 58.2 Å². The van der Waals surface area contributed by atoms with Gasteiger partial charge in [-0.25, -0.2) is 0 Å². The minimum absolute atomic E-state index is 0.00270. The summed E-state index contributed by atoms with van der Waals surface area (Å²) < 4.78 is 0. The molecule has 13 N–H and O–H groups in total. The molecule has 7 atom stereocenters. The number of para-hydroxylation sites is 1. The number of primary amides is 1. The largest absolute Gasteiger partial charge is 0.508 e. The monoisotopic (exact) mass is 1030 g/mol. The molecule has 0 radical (unpaired) electrons. The van der Waals surface area contributed by atoms with Gasteiger partial charge in [-0.2, -0.15) is 0 Å². The van der Waals surface area contributed by atoms with E-state index in [2.05, 4.69) is 31.6 Å². The number of carbonyl (C=O) groups excluding carboxylic acids is 8. The number of aromatic amines is 1. The summed E-state index contributed by atoms with van der Waals surface area (Å²) in [6, 6.07) is 12.1. The van der Waals surface area contributed by atoms with E-state index in [0.717, 1.165) is 20.7 Å². The summed E-state index contributed by atoms with van der Waals surface area (Å²) in [5.41, 5.74) is 14.0. The van der Waals surface area contributed by atoms with Gasteiger partial charge in [0.2, 0.25) is 47.3 Å². The summed E-state index contributed by atoms with van der Waals surface area (Å²) >= 11 is 0. The lowest BCUT2D eigenvalue weighted by molar-refractivity contribution is -0.147. The molecule has 0 fully saturated rings. The SMILES string of the molecule is CCCC[C@@H](C(=O)N[C@@H](CC(=O)O)C(=O)N(C)[C@@H](Cc1ccccc1)C(N)=O)N(C)C(=O)[C@H](Cc1c[nH]c2ccccc12)NC(=O)CNC(=O)[C@H](Cc1ccc(O)cc1)NC(=O)[C@H](C)NC(=O)[C@H](N)CCC(=O)O. The number of rotatable bonds is 29. The number of nitrogens with zero attached hydrogens (tertiary/aromatic N) is 2. The van der Waals surface area contributed by atoms with E-state index in [1.54, 1.807) is 60.8 Å². The highest BCUT2D eigenvalue weighted by Gasteiger charge is 2.37. The average Bonchev–Trinajstić information content (AvgIpc) is 3.78. The molecule has 0 aliphatic carbocycles. The Morgan fingerprint density at radius 3 is 1.89 bits per heavy atom. The Labute approximate surface area is 427 Å². The fourth-order valence-electron chi connectivity index (χ4n) is 8.03. The van der Waals surface area contributed by atoms with Crippen LogP contribution in [0.2, 0.25) is 0 Å². The van der Waals surface area contributed by atoms with E-state index < -0.39 is 114 Å². The number of carboxylic acids is 2. The van der Waals surface area contributed by atoms with Crippen molar-refractivity contribution < 1.29 is 63.3 Å². The number of nitrogens with one attached hydrogen (secondary N) is 6. The minimum Gasteiger partial charge on any atom is -0.508 e. The fourth-order valence-corrected chi connectivity index (χ4v) is 8.03. The van der Waals surface area contributed by atoms with Crippen LogP contribution >= 0.6 is 0 Å². The van der Waals surface area contributed by atoms with Gasteiger partial charge in [0.05, 0.1) is 19.0 Å². The maximum absolute atomic E-state index is 14.7. The van der Waals surface area contributed by atoms with Crippen LogP contribution in [-0.2, 0) is 67.2 Å². The Bertz CT molecular complexity index is 2630. The summed E-state index contributed by atoms with van der Waals surface area (Å²) in [7, 11) is 2.60. The van der Waals surface area contributed by atoms with Crippen molar-refractivity contribution in [2.45, 2.75) is 114 Å². The number of nitrogens with two attached hydrogens (primary N) is 2. The Kier molecular flexibility index (Phi) is 22.1. The molecule has 4 rings (SSSR count). The molecule has 0 spiro atoms. The Morgan fingerprint density at radius 1 is 0.649 bits per heavy atom. The van der Waals surface area contributed by atoms with E-state index in [1.807, 2.05) is 6.92 Å². The number of amides is 8. The van der Waals surface area contributed by atoms with E-state index in [0.29, 0.717) is 29.5 Å². The number of hydrogen-bond donors (Lipinski definition) is 11. The highest BCUT2D eigenvalue weighted by Crippen LogP contribution is 2.21. The quantitative estimate of drug-likeness (QED) is 0.0341. The number of benzene rings is 3. The standard InChI is InChI=1S/C51H66N10O13/c1-5-6-16-40(49(72)59-39(26-44(66)67)51(74)61(4)41(45(53)68)24-30-12-8-7-9-13-30)60(3)50(73)38(25-32-27-54-36-15-11-10-14-34(32)36)57-42(63)28-55-48(71)37(23-31-17-19-33(62)20-18-31)58-46(69)29(2)56-47(70)35(52)21-22-43(64)65/h7-15,17-20,27,29,35,37-41,54,62H,5-6,16,21-26,28,52H2,1-4H3,(H2,53,68)(H,55,71)(H,56,70)(H,57,63)(H,58,69)(H,59,72)(H,64,65)(H,66,67)/t29-,35+,37-,38-,39-,40-,41-/m0/s1. The molecule has 398 valence electrons. The number of aliphatic carboxylic acids is 2. The van der Waals surface area contributed by atoms with Crippen LogP contribution in [0.5, 0.6) is 5.75 Å². The molecule has 0 saturated carbocycles. The molecule has 23 heteroatoms. The molecule has 74 heavy (non-hydrogen) atoms. The molecule has 0 unspecified atom stereocenters. The van der Waals surface area contributed by atoms with Crippen molar-refractivity contribution in [1.82, 2.24) is 41.4 Å². The first kappa shape index (κ1) is 58.2. The second kappa shape index (κ2) is 28.0. The van der Waals surface area contributed by atoms with Crippen molar-refractivity contribution in [3.8, 4) is 5.75 Å². The number of phenols is 1.